The molecule has 0 aliphatic carbocycles. The number of anilines is 1. The van der Waals surface area contributed by atoms with Gasteiger partial charge in [0.25, 0.3) is 0 Å². The molecule has 0 fully saturated rings. The molecule has 0 unspecified atom stereocenters. The zero-order valence-corrected chi connectivity index (χ0v) is 10.8. The van der Waals surface area contributed by atoms with Crippen molar-refractivity contribution in [3.05, 3.63) is 39.6 Å². The van der Waals surface area contributed by atoms with Crippen molar-refractivity contribution in [2.75, 3.05) is 5.73 Å². The summed E-state index contributed by atoms with van der Waals surface area (Å²) in [7, 11) is 0. The van der Waals surface area contributed by atoms with Crippen molar-refractivity contribution >= 4 is 17.0 Å². The molecule has 0 aliphatic heterocycles. The van der Waals surface area contributed by atoms with Crippen LogP contribution >= 0.6 is 11.3 Å². The van der Waals surface area contributed by atoms with E-state index in [9.17, 15) is 0 Å². The van der Waals surface area contributed by atoms with Gasteiger partial charge in [0.1, 0.15) is 10.9 Å². The first-order valence-corrected chi connectivity index (χ1v) is 6.37. The van der Waals surface area contributed by atoms with E-state index in [0.29, 0.717) is 10.6 Å². The number of nitriles is 1. The van der Waals surface area contributed by atoms with E-state index in [4.69, 9.17) is 11.0 Å². The highest BCUT2D eigenvalue weighted by Gasteiger charge is 2.14. The summed E-state index contributed by atoms with van der Waals surface area (Å²) in [6.45, 7) is 4.14. The second kappa shape index (κ2) is 4.60. The van der Waals surface area contributed by atoms with E-state index in [1.165, 1.54) is 16.9 Å². The Labute approximate surface area is 105 Å². The Morgan fingerprint density at radius 1 is 1.29 bits per heavy atom. The number of aryl methyl sites for hydroxylation is 2. The Morgan fingerprint density at radius 2 is 1.94 bits per heavy atom. The van der Waals surface area contributed by atoms with Gasteiger partial charge in [0, 0.05) is 10.4 Å². The third-order valence-electron chi connectivity index (χ3n) is 2.87. The normalized spacial score (nSPS) is 10.2. The fraction of sp³-hybridized carbons (Fsp3) is 0.214. The molecule has 0 spiro atoms. The van der Waals surface area contributed by atoms with Crippen LogP contribution in [0.5, 0.6) is 0 Å². The quantitative estimate of drug-likeness (QED) is 0.872. The lowest BCUT2D eigenvalue weighted by Crippen LogP contribution is -1.89. The Morgan fingerprint density at radius 3 is 2.41 bits per heavy atom. The molecule has 1 aromatic carbocycles. The van der Waals surface area contributed by atoms with E-state index in [2.05, 4.69) is 37.3 Å². The topological polar surface area (TPSA) is 49.8 Å². The van der Waals surface area contributed by atoms with E-state index in [1.807, 2.05) is 6.92 Å². The summed E-state index contributed by atoms with van der Waals surface area (Å²) in [6, 6.07) is 10.5. The first-order valence-electron chi connectivity index (χ1n) is 5.55. The number of rotatable bonds is 2. The third-order valence-corrected chi connectivity index (χ3v) is 3.90. The van der Waals surface area contributed by atoms with Gasteiger partial charge in [0.05, 0.1) is 5.69 Å². The molecule has 2 aromatic rings. The van der Waals surface area contributed by atoms with Crippen molar-refractivity contribution in [1.29, 1.82) is 5.26 Å². The van der Waals surface area contributed by atoms with E-state index < -0.39 is 0 Å². The lowest BCUT2D eigenvalue weighted by molar-refractivity contribution is 1.14. The number of thiophene rings is 1. The van der Waals surface area contributed by atoms with Crippen LogP contribution in [-0.4, -0.2) is 0 Å². The molecular formula is C14H14N2S. The van der Waals surface area contributed by atoms with Gasteiger partial charge in [-0.05, 0) is 24.5 Å². The van der Waals surface area contributed by atoms with Crippen molar-refractivity contribution in [1.82, 2.24) is 0 Å². The maximum absolute atomic E-state index is 8.97. The summed E-state index contributed by atoms with van der Waals surface area (Å²) in [5.74, 6) is 0. The monoisotopic (exact) mass is 242 g/mol. The molecule has 0 saturated carbocycles. The van der Waals surface area contributed by atoms with Gasteiger partial charge >= 0.3 is 0 Å². The predicted molar refractivity (Wildman–Crippen MR) is 73.0 cm³/mol. The molecule has 2 rings (SSSR count). The molecule has 0 amide bonds. The number of hydrogen-bond acceptors (Lipinski definition) is 3. The van der Waals surface area contributed by atoms with Crippen molar-refractivity contribution in [3.8, 4) is 17.2 Å². The van der Waals surface area contributed by atoms with Crippen LogP contribution < -0.4 is 5.73 Å². The molecule has 1 heterocycles. The van der Waals surface area contributed by atoms with Crippen molar-refractivity contribution in [2.45, 2.75) is 20.3 Å². The van der Waals surface area contributed by atoms with Gasteiger partial charge in [0.2, 0.25) is 0 Å². The molecule has 3 heteroatoms. The van der Waals surface area contributed by atoms with Gasteiger partial charge in [-0.15, -0.1) is 11.3 Å². The average Bonchev–Trinajstić information content (AvgIpc) is 2.64. The molecule has 0 bridgehead atoms. The summed E-state index contributed by atoms with van der Waals surface area (Å²) in [6.07, 6.45) is 1.03. The summed E-state index contributed by atoms with van der Waals surface area (Å²) in [5, 5.41) is 8.97. The zero-order valence-electron chi connectivity index (χ0n) is 9.95. The summed E-state index contributed by atoms with van der Waals surface area (Å²) in [4.78, 5) is 1.71. The Balaban J connectivity index is 2.53. The van der Waals surface area contributed by atoms with Crippen LogP contribution in [0.25, 0.3) is 11.1 Å². The fourth-order valence-electron chi connectivity index (χ4n) is 1.91. The van der Waals surface area contributed by atoms with Gasteiger partial charge in [-0.3, -0.25) is 0 Å². The Bertz CT molecular complexity index is 574. The van der Waals surface area contributed by atoms with Crippen LogP contribution in [-0.2, 0) is 6.42 Å². The van der Waals surface area contributed by atoms with Crippen LogP contribution in [0.4, 0.5) is 5.69 Å². The van der Waals surface area contributed by atoms with E-state index in [1.54, 1.807) is 0 Å². The smallest absolute Gasteiger partial charge is 0.128 e. The average molecular weight is 242 g/mol. The maximum Gasteiger partial charge on any atom is 0.128 e. The molecule has 2 nitrogen and oxygen atoms in total. The molecule has 0 atom stereocenters. The van der Waals surface area contributed by atoms with E-state index in [-0.39, 0.29) is 0 Å². The second-order valence-corrected chi connectivity index (χ2v) is 5.16. The van der Waals surface area contributed by atoms with Crippen molar-refractivity contribution in [3.63, 3.8) is 0 Å². The lowest BCUT2D eigenvalue weighted by atomic mass is 10.0. The lowest BCUT2D eigenvalue weighted by Gasteiger charge is -2.04. The number of nitrogens with two attached hydrogens (primary N) is 1. The van der Waals surface area contributed by atoms with Gasteiger partial charge in [-0.25, -0.2) is 0 Å². The number of benzene rings is 1. The molecule has 0 saturated heterocycles. The van der Waals surface area contributed by atoms with Gasteiger partial charge in [-0.1, -0.05) is 31.2 Å². The van der Waals surface area contributed by atoms with Crippen LogP contribution in [0.1, 0.15) is 22.2 Å². The molecule has 0 aliphatic rings. The summed E-state index contributed by atoms with van der Waals surface area (Å²) in [5.41, 5.74) is 10.0. The maximum atomic E-state index is 8.97. The van der Waals surface area contributed by atoms with Crippen molar-refractivity contribution in [2.24, 2.45) is 0 Å². The minimum Gasteiger partial charge on any atom is -0.396 e. The SMILES string of the molecule is CCc1ccc(-c2c(C)sc(C#N)c2N)cc1. The van der Waals surface area contributed by atoms with Gasteiger partial charge in [-0.2, -0.15) is 5.26 Å². The minimum atomic E-state index is 0.608. The standard InChI is InChI=1S/C14H14N2S/c1-3-10-4-6-11(7-5-10)13-9(2)17-12(8-15)14(13)16/h4-7H,3,16H2,1-2H3. The highest BCUT2D eigenvalue weighted by Crippen LogP contribution is 2.38. The first-order chi connectivity index (χ1) is 8.17. The second-order valence-electron chi connectivity index (χ2n) is 3.94. The first kappa shape index (κ1) is 11.7. The molecule has 1 aromatic heterocycles. The van der Waals surface area contributed by atoms with Crippen LogP contribution in [0.15, 0.2) is 24.3 Å². The minimum absolute atomic E-state index is 0.608. The molecular weight excluding hydrogens is 228 g/mol. The number of hydrogen-bond donors (Lipinski definition) is 1. The molecule has 0 radical (unpaired) electrons. The molecule has 86 valence electrons. The van der Waals surface area contributed by atoms with E-state index >= 15 is 0 Å². The van der Waals surface area contributed by atoms with Crippen LogP contribution in [0.2, 0.25) is 0 Å². The zero-order chi connectivity index (χ0) is 12.4. The Hall–Kier alpha value is -1.79. The highest BCUT2D eigenvalue weighted by molar-refractivity contribution is 7.13. The summed E-state index contributed by atoms with van der Waals surface area (Å²) < 4.78 is 0. The Kier molecular flexibility index (Phi) is 3.16. The number of nitrogen functional groups attached to an aromatic ring is 1. The van der Waals surface area contributed by atoms with Crippen LogP contribution in [0.3, 0.4) is 0 Å². The largest absolute Gasteiger partial charge is 0.396 e. The predicted octanol–water partition coefficient (Wildman–Crippen LogP) is 3.74. The van der Waals surface area contributed by atoms with Gasteiger partial charge < -0.3 is 5.73 Å². The fourth-order valence-corrected chi connectivity index (χ4v) is 2.80. The molecule has 2 N–H and O–H groups in total. The van der Waals surface area contributed by atoms with Crippen molar-refractivity contribution < 1.29 is 0 Å². The third kappa shape index (κ3) is 2.04. The summed E-state index contributed by atoms with van der Waals surface area (Å²) >= 11 is 1.46. The van der Waals surface area contributed by atoms with Crippen LogP contribution in [0, 0.1) is 18.3 Å². The highest BCUT2D eigenvalue weighted by atomic mass is 32.1. The van der Waals surface area contributed by atoms with Gasteiger partial charge in [0.15, 0.2) is 0 Å². The van der Waals surface area contributed by atoms with E-state index in [0.717, 1.165) is 22.4 Å². The molecule has 17 heavy (non-hydrogen) atoms. The number of nitrogens with zero attached hydrogens (tertiary/aromatic N) is 1.